The lowest BCUT2D eigenvalue weighted by atomic mass is 10.1. The van der Waals surface area contributed by atoms with Crippen LogP contribution >= 0.6 is 0 Å². The Morgan fingerprint density at radius 2 is 2.11 bits per heavy atom. The van der Waals surface area contributed by atoms with Gasteiger partial charge in [0, 0.05) is 5.56 Å². The summed E-state index contributed by atoms with van der Waals surface area (Å²) >= 11 is 0. The molecule has 2 N–H and O–H groups in total. The summed E-state index contributed by atoms with van der Waals surface area (Å²) in [5, 5.41) is 0. The maximum Gasteiger partial charge on any atom is 0.178 e. The van der Waals surface area contributed by atoms with Crippen LogP contribution in [-0.4, -0.2) is 39.4 Å². The van der Waals surface area contributed by atoms with Gasteiger partial charge in [-0.15, -0.1) is 0 Å². The third-order valence-electron chi connectivity index (χ3n) is 2.40. The molecule has 0 heterocycles. The molecular weight excluding hydrogens is 254 g/mol. The van der Waals surface area contributed by atoms with Crippen LogP contribution < -0.4 is 10.5 Å². The van der Waals surface area contributed by atoms with Crippen molar-refractivity contribution in [3.05, 3.63) is 29.8 Å². The zero-order valence-corrected chi connectivity index (χ0v) is 11.1. The van der Waals surface area contributed by atoms with Crippen molar-refractivity contribution in [2.24, 2.45) is 5.73 Å². The highest BCUT2D eigenvalue weighted by atomic mass is 32.2. The number of methoxy groups -OCH3 is 1. The number of Topliss-reactive ketones (excluding diaryl/α,β-unsaturated/α-hetero) is 1. The molecule has 1 aromatic carbocycles. The Hall–Kier alpha value is -1.40. The van der Waals surface area contributed by atoms with Crippen LogP contribution in [0, 0.1) is 0 Å². The highest BCUT2D eigenvalue weighted by Crippen LogP contribution is 2.13. The van der Waals surface area contributed by atoms with Crippen LogP contribution in [0.3, 0.4) is 0 Å². The number of carbonyl (C=O) groups is 1. The van der Waals surface area contributed by atoms with E-state index in [4.69, 9.17) is 10.5 Å². The third kappa shape index (κ3) is 4.46. The Bertz CT molecular complexity index is 511. The van der Waals surface area contributed by atoms with Crippen molar-refractivity contribution in [2.75, 3.05) is 25.2 Å². The van der Waals surface area contributed by atoms with Gasteiger partial charge in [-0.25, -0.2) is 8.42 Å². The summed E-state index contributed by atoms with van der Waals surface area (Å²) in [6, 6.07) is 6.45. The second kappa shape index (κ2) is 6.51. The van der Waals surface area contributed by atoms with E-state index in [-0.39, 0.29) is 5.75 Å². The Balaban J connectivity index is 2.76. The van der Waals surface area contributed by atoms with Crippen molar-refractivity contribution >= 4 is 15.6 Å². The lowest BCUT2D eigenvalue weighted by Gasteiger charge is -2.05. The van der Waals surface area contributed by atoms with Crippen molar-refractivity contribution in [3.63, 3.8) is 0 Å². The molecule has 6 heteroatoms. The summed E-state index contributed by atoms with van der Waals surface area (Å²) in [4.78, 5) is 11.8. The van der Waals surface area contributed by atoms with E-state index >= 15 is 0 Å². The van der Waals surface area contributed by atoms with Crippen molar-refractivity contribution < 1.29 is 17.9 Å². The van der Waals surface area contributed by atoms with Crippen molar-refractivity contribution in [3.8, 4) is 5.75 Å². The van der Waals surface area contributed by atoms with Crippen molar-refractivity contribution in [1.29, 1.82) is 0 Å². The number of carbonyl (C=O) groups excluding carboxylic acids is 1. The van der Waals surface area contributed by atoms with Gasteiger partial charge in [0.2, 0.25) is 0 Å². The second-order valence-corrected chi connectivity index (χ2v) is 6.07. The topological polar surface area (TPSA) is 86.5 Å². The SMILES string of the molecule is COc1cccc(C(=O)CS(=O)(=O)CCCN)c1. The monoisotopic (exact) mass is 271 g/mol. The number of sulfone groups is 1. The maximum atomic E-state index is 11.8. The number of ether oxygens (including phenoxy) is 1. The van der Waals surface area contributed by atoms with Crippen LogP contribution in [0.15, 0.2) is 24.3 Å². The quantitative estimate of drug-likeness (QED) is 0.735. The summed E-state index contributed by atoms with van der Waals surface area (Å²) < 4.78 is 28.2. The van der Waals surface area contributed by atoms with E-state index in [0.29, 0.717) is 24.3 Å². The van der Waals surface area contributed by atoms with Crippen LogP contribution in [0.2, 0.25) is 0 Å². The Morgan fingerprint density at radius 1 is 1.39 bits per heavy atom. The number of benzene rings is 1. The minimum Gasteiger partial charge on any atom is -0.497 e. The molecule has 0 spiro atoms. The summed E-state index contributed by atoms with van der Waals surface area (Å²) in [6.07, 6.45) is 0.369. The molecule has 0 saturated heterocycles. The van der Waals surface area contributed by atoms with E-state index < -0.39 is 21.4 Å². The summed E-state index contributed by atoms with van der Waals surface area (Å²) in [7, 11) is -1.89. The third-order valence-corrected chi connectivity index (χ3v) is 4.01. The molecule has 1 rings (SSSR count). The predicted molar refractivity (Wildman–Crippen MR) is 69.6 cm³/mol. The fourth-order valence-corrected chi connectivity index (χ4v) is 2.77. The van der Waals surface area contributed by atoms with E-state index in [1.165, 1.54) is 13.2 Å². The average Bonchev–Trinajstić information content (AvgIpc) is 2.36. The molecule has 0 atom stereocenters. The minimum absolute atomic E-state index is 0.0563. The summed E-state index contributed by atoms with van der Waals surface area (Å²) in [5.74, 6) is -0.439. The lowest BCUT2D eigenvalue weighted by Crippen LogP contribution is -2.20. The van der Waals surface area contributed by atoms with Gasteiger partial charge in [0.25, 0.3) is 0 Å². The number of ketones is 1. The standard InChI is InChI=1S/C12H17NO4S/c1-17-11-5-2-4-10(8-11)12(14)9-18(15,16)7-3-6-13/h2,4-5,8H,3,6-7,9,13H2,1H3. The van der Waals surface area contributed by atoms with Gasteiger partial charge < -0.3 is 10.5 Å². The number of rotatable bonds is 7. The molecule has 0 aliphatic rings. The molecule has 0 unspecified atom stereocenters. The first-order chi connectivity index (χ1) is 8.48. The molecule has 5 nitrogen and oxygen atoms in total. The van der Waals surface area contributed by atoms with E-state index in [1.54, 1.807) is 18.2 Å². The largest absolute Gasteiger partial charge is 0.497 e. The lowest BCUT2D eigenvalue weighted by molar-refractivity contribution is 0.102. The van der Waals surface area contributed by atoms with Gasteiger partial charge in [-0.1, -0.05) is 12.1 Å². The summed E-state index contributed by atoms with van der Waals surface area (Å²) in [6.45, 7) is 0.298. The van der Waals surface area contributed by atoms with E-state index in [0.717, 1.165) is 0 Å². The van der Waals surface area contributed by atoms with Crippen LogP contribution in [0.5, 0.6) is 5.75 Å². The molecule has 100 valence electrons. The average molecular weight is 271 g/mol. The molecule has 1 aromatic rings. The highest BCUT2D eigenvalue weighted by molar-refractivity contribution is 7.92. The van der Waals surface area contributed by atoms with Gasteiger partial charge in [0.1, 0.15) is 11.5 Å². The molecule has 0 bridgehead atoms. The van der Waals surface area contributed by atoms with Gasteiger partial charge in [0.05, 0.1) is 12.9 Å². The first kappa shape index (κ1) is 14.7. The van der Waals surface area contributed by atoms with Gasteiger partial charge in [-0.05, 0) is 25.1 Å². The maximum absolute atomic E-state index is 11.8. The molecule has 18 heavy (non-hydrogen) atoms. The smallest absolute Gasteiger partial charge is 0.178 e. The molecule has 0 aromatic heterocycles. The fourth-order valence-electron chi connectivity index (χ4n) is 1.45. The van der Waals surface area contributed by atoms with E-state index in [1.807, 2.05) is 0 Å². The number of hydrogen-bond donors (Lipinski definition) is 1. The second-order valence-electron chi connectivity index (χ2n) is 3.89. The first-order valence-corrected chi connectivity index (χ1v) is 7.38. The molecule has 0 aliphatic carbocycles. The summed E-state index contributed by atoms with van der Waals surface area (Å²) in [5.41, 5.74) is 5.59. The molecule has 0 saturated carbocycles. The fraction of sp³-hybridized carbons (Fsp3) is 0.417. The zero-order valence-electron chi connectivity index (χ0n) is 10.3. The van der Waals surface area contributed by atoms with Crippen LogP contribution in [-0.2, 0) is 9.84 Å². The Morgan fingerprint density at radius 3 is 2.72 bits per heavy atom. The van der Waals surface area contributed by atoms with Crippen LogP contribution in [0.25, 0.3) is 0 Å². The molecule has 0 radical (unpaired) electrons. The van der Waals surface area contributed by atoms with Gasteiger partial charge in [0.15, 0.2) is 15.6 Å². The zero-order chi connectivity index (χ0) is 13.6. The predicted octanol–water partition coefficient (Wildman–Crippen LogP) is 0.641. The van der Waals surface area contributed by atoms with Crippen LogP contribution in [0.4, 0.5) is 0 Å². The molecule has 0 fully saturated rings. The molecule has 0 aliphatic heterocycles. The van der Waals surface area contributed by atoms with Gasteiger partial charge in [-0.3, -0.25) is 4.79 Å². The minimum atomic E-state index is -3.38. The number of nitrogens with two attached hydrogens (primary N) is 1. The van der Waals surface area contributed by atoms with Crippen molar-refractivity contribution in [2.45, 2.75) is 6.42 Å². The normalized spacial score (nSPS) is 11.2. The molecule has 0 amide bonds. The highest BCUT2D eigenvalue weighted by Gasteiger charge is 2.17. The van der Waals surface area contributed by atoms with Crippen molar-refractivity contribution in [1.82, 2.24) is 0 Å². The van der Waals surface area contributed by atoms with E-state index in [9.17, 15) is 13.2 Å². The molecular formula is C12H17NO4S. The Labute approximate surface area is 107 Å². The van der Waals surface area contributed by atoms with E-state index in [2.05, 4.69) is 0 Å². The first-order valence-electron chi connectivity index (χ1n) is 5.56. The van der Waals surface area contributed by atoms with Gasteiger partial charge in [-0.2, -0.15) is 0 Å². The Kier molecular flexibility index (Phi) is 5.30. The van der Waals surface area contributed by atoms with Gasteiger partial charge >= 0.3 is 0 Å². The van der Waals surface area contributed by atoms with Crippen LogP contribution in [0.1, 0.15) is 16.8 Å². The number of hydrogen-bond acceptors (Lipinski definition) is 5.